The van der Waals surface area contributed by atoms with Gasteiger partial charge in [0.1, 0.15) is 13.2 Å². The Morgan fingerprint density at radius 1 is 0.926 bits per heavy atom. The van der Waals surface area contributed by atoms with E-state index in [1.807, 2.05) is 0 Å². The molecule has 3 rings (SSSR count). The molecule has 27 heavy (non-hydrogen) atoms. The molecule has 1 aliphatic rings. The van der Waals surface area contributed by atoms with Crippen molar-refractivity contribution in [3.8, 4) is 11.5 Å². The first-order valence-corrected chi connectivity index (χ1v) is 9.97. The summed E-state index contributed by atoms with van der Waals surface area (Å²) in [6.45, 7) is 5.82. The maximum Gasteiger partial charge on any atom is 0.255 e. The lowest BCUT2D eigenvalue weighted by molar-refractivity contribution is 0.102. The summed E-state index contributed by atoms with van der Waals surface area (Å²) in [7, 11) is -3.52. The molecule has 0 radical (unpaired) electrons. The fourth-order valence-electron chi connectivity index (χ4n) is 2.32. The average Bonchev–Trinajstić information content (AvgIpc) is 2.61. The minimum atomic E-state index is -3.52. The summed E-state index contributed by atoms with van der Waals surface area (Å²) >= 11 is 0. The molecule has 0 unspecified atom stereocenters. The number of rotatable bonds is 4. The van der Waals surface area contributed by atoms with E-state index >= 15 is 0 Å². The van der Waals surface area contributed by atoms with Gasteiger partial charge in [-0.2, -0.15) is 0 Å². The molecule has 0 fully saturated rings. The molecule has 0 saturated heterocycles. The van der Waals surface area contributed by atoms with E-state index in [0.717, 1.165) is 0 Å². The van der Waals surface area contributed by atoms with Crippen molar-refractivity contribution < 1.29 is 22.7 Å². The lowest BCUT2D eigenvalue weighted by Crippen LogP contribution is -2.33. The Hall–Kier alpha value is -2.74. The highest BCUT2D eigenvalue weighted by Crippen LogP contribution is 2.32. The van der Waals surface area contributed by atoms with Gasteiger partial charge in [-0.15, -0.1) is 0 Å². The summed E-state index contributed by atoms with van der Waals surface area (Å²) in [6, 6.07) is 11.4. The molecule has 2 aromatic rings. The van der Waals surface area contributed by atoms with Crippen molar-refractivity contribution in [1.29, 1.82) is 0 Å². The van der Waals surface area contributed by atoms with Gasteiger partial charge in [-0.05, 0) is 57.2 Å². The molecule has 0 aliphatic carbocycles. The Morgan fingerprint density at radius 2 is 1.52 bits per heavy atom. The number of carbonyl (C=O) groups is 1. The zero-order valence-corrected chi connectivity index (χ0v) is 16.2. The summed E-state index contributed by atoms with van der Waals surface area (Å²) in [6.07, 6.45) is 0. The molecule has 8 heteroatoms. The van der Waals surface area contributed by atoms with Crippen LogP contribution in [0.4, 0.5) is 11.4 Å². The van der Waals surface area contributed by atoms with Gasteiger partial charge in [0.2, 0.25) is 10.0 Å². The molecule has 0 aromatic heterocycles. The number of anilines is 2. The summed E-state index contributed by atoms with van der Waals surface area (Å²) in [4.78, 5) is 12.4. The highest BCUT2D eigenvalue weighted by Gasteiger charge is 2.28. The summed E-state index contributed by atoms with van der Waals surface area (Å²) in [5.41, 5.74) is 1.39. The maximum absolute atomic E-state index is 12.4. The predicted molar refractivity (Wildman–Crippen MR) is 104 cm³/mol. The number of amides is 1. The van der Waals surface area contributed by atoms with Gasteiger partial charge in [-0.25, -0.2) is 8.42 Å². The van der Waals surface area contributed by atoms with Crippen LogP contribution in [0.5, 0.6) is 11.5 Å². The van der Waals surface area contributed by atoms with Crippen LogP contribution >= 0.6 is 0 Å². The quantitative estimate of drug-likeness (QED) is 0.836. The largest absolute Gasteiger partial charge is 0.486 e. The number of hydrogen-bond acceptors (Lipinski definition) is 5. The lowest BCUT2D eigenvalue weighted by Gasteiger charge is -2.20. The number of sulfonamides is 1. The first-order chi connectivity index (χ1) is 12.7. The van der Waals surface area contributed by atoms with Crippen molar-refractivity contribution in [3.63, 3.8) is 0 Å². The van der Waals surface area contributed by atoms with Gasteiger partial charge in [0.15, 0.2) is 11.5 Å². The Labute approximate surface area is 158 Å². The van der Waals surface area contributed by atoms with E-state index in [-0.39, 0.29) is 5.91 Å². The Bertz CT molecular complexity index is 947. The number of carbonyl (C=O) groups excluding carboxylic acids is 1. The number of hydrogen-bond donors (Lipinski definition) is 2. The van der Waals surface area contributed by atoms with Gasteiger partial charge in [0.05, 0.1) is 4.75 Å². The first-order valence-electron chi connectivity index (χ1n) is 8.49. The molecular weight excluding hydrogens is 368 g/mol. The summed E-state index contributed by atoms with van der Waals surface area (Å²) in [5, 5.41) is 2.79. The van der Waals surface area contributed by atoms with E-state index < -0.39 is 14.8 Å². The second-order valence-electron chi connectivity index (χ2n) is 7.11. The van der Waals surface area contributed by atoms with Crippen molar-refractivity contribution in [1.82, 2.24) is 0 Å². The van der Waals surface area contributed by atoms with E-state index in [9.17, 15) is 13.2 Å². The molecule has 1 amide bonds. The van der Waals surface area contributed by atoms with Crippen LogP contribution < -0.4 is 19.5 Å². The molecule has 0 saturated carbocycles. The molecule has 144 valence electrons. The molecule has 0 bridgehead atoms. The van der Waals surface area contributed by atoms with Crippen molar-refractivity contribution >= 4 is 27.3 Å². The summed E-state index contributed by atoms with van der Waals surface area (Å²) < 4.78 is 36.9. The van der Waals surface area contributed by atoms with Crippen LogP contribution in [0.15, 0.2) is 42.5 Å². The van der Waals surface area contributed by atoms with Crippen LogP contribution in [-0.4, -0.2) is 32.3 Å². The number of ether oxygens (including phenoxy) is 2. The topological polar surface area (TPSA) is 93.7 Å². The normalized spacial score (nSPS) is 13.7. The van der Waals surface area contributed by atoms with E-state index in [1.165, 1.54) is 0 Å². The molecule has 0 atom stereocenters. The molecule has 1 aliphatic heterocycles. The van der Waals surface area contributed by atoms with Crippen molar-refractivity contribution in [2.75, 3.05) is 23.3 Å². The average molecular weight is 390 g/mol. The molecule has 2 aromatic carbocycles. The zero-order chi connectivity index (χ0) is 19.7. The van der Waals surface area contributed by atoms with Crippen LogP contribution in [0.25, 0.3) is 0 Å². The number of nitrogens with one attached hydrogen (secondary N) is 2. The van der Waals surface area contributed by atoms with Crippen LogP contribution in [0.1, 0.15) is 31.1 Å². The summed E-state index contributed by atoms with van der Waals surface area (Å²) in [5.74, 6) is 0.928. The first kappa shape index (κ1) is 19.0. The van der Waals surface area contributed by atoms with E-state index in [4.69, 9.17) is 9.47 Å². The van der Waals surface area contributed by atoms with Gasteiger partial charge in [-0.1, -0.05) is 0 Å². The van der Waals surface area contributed by atoms with Crippen molar-refractivity contribution in [2.45, 2.75) is 25.5 Å². The number of fused-ring (bicyclic) bond motifs is 1. The minimum absolute atomic E-state index is 0.308. The third-order valence-electron chi connectivity index (χ3n) is 4.01. The monoisotopic (exact) mass is 390 g/mol. The smallest absolute Gasteiger partial charge is 0.255 e. The Balaban J connectivity index is 1.69. The SMILES string of the molecule is CC(C)(C)S(=O)(=O)Nc1ccc(C(=O)Nc2ccc3c(c2)OCCO3)cc1. The van der Waals surface area contributed by atoms with Gasteiger partial charge in [0.25, 0.3) is 5.91 Å². The van der Waals surface area contributed by atoms with Gasteiger partial charge >= 0.3 is 0 Å². The van der Waals surface area contributed by atoms with Gasteiger partial charge < -0.3 is 14.8 Å². The van der Waals surface area contributed by atoms with Crippen molar-refractivity contribution in [2.24, 2.45) is 0 Å². The standard InChI is InChI=1S/C19H22N2O5S/c1-19(2,3)27(23,24)21-14-6-4-13(5-7-14)18(22)20-15-8-9-16-17(12-15)26-11-10-25-16/h4-9,12,21H,10-11H2,1-3H3,(H,20,22). The van der Waals surface area contributed by atoms with Crippen molar-refractivity contribution in [3.05, 3.63) is 48.0 Å². The van der Waals surface area contributed by atoms with Gasteiger partial charge in [0, 0.05) is 23.0 Å². The maximum atomic E-state index is 12.4. The second-order valence-corrected chi connectivity index (χ2v) is 9.54. The van der Waals surface area contributed by atoms with Crippen LogP contribution in [0.3, 0.4) is 0 Å². The molecular formula is C19H22N2O5S. The molecule has 2 N–H and O–H groups in total. The van der Waals surface area contributed by atoms with E-state index in [1.54, 1.807) is 63.2 Å². The fraction of sp³-hybridized carbons (Fsp3) is 0.316. The zero-order valence-electron chi connectivity index (χ0n) is 15.4. The van der Waals surface area contributed by atoms with Crippen LogP contribution in [0, 0.1) is 0 Å². The Morgan fingerprint density at radius 3 is 2.15 bits per heavy atom. The Kier molecular flexibility index (Phi) is 5.01. The predicted octanol–water partition coefficient (Wildman–Crippen LogP) is 3.25. The van der Waals surface area contributed by atoms with Crippen LogP contribution in [0.2, 0.25) is 0 Å². The second kappa shape index (κ2) is 7.11. The highest BCUT2D eigenvalue weighted by atomic mass is 32.2. The molecule has 1 heterocycles. The molecule has 0 spiro atoms. The minimum Gasteiger partial charge on any atom is -0.486 e. The van der Waals surface area contributed by atoms with E-state index in [2.05, 4.69) is 10.0 Å². The van der Waals surface area contributed by atoms with Gasteiger partial charge in [-0.3, -0.25) is 9.52 Å². The molecule has 7 nitrogen and oxygen atoms in total. The third kappa shape index (κ3) is 4.33. The number of benzene rings is 2. The van der Waals surface area contributed by atoms with E-state index in [0.29, 0.717) is 41.7 Å². The third-order valence-corrected chi connectivity index (χ3v) is 6.12. The fourth-order valence-corrected chi connectivity index (χ4v) is 3.07. The lowest BCUT2D eigenvalue weighted by atomic mass is 10.2. The highest BCUT2D eigenvalue weighted by molar-refractivity contribution is 7.94. The van der Waals surface area contributed by atoms with Crippen LogP contribution in [-0.2, 0) is 10.0 Å².